The van der Waals surface area contributed by atoms with E-state index in [4.69, 9.17) is 9.47 Å². The lowest BCUT2D eigenvalue weighted by molar-refractivity contribution is 0.0957. The van der Waals surface area contributed by atoms with Crippen LogP contribution < -0.4 is 31.0 Å². The lowest BCUT2D eigenvalue weighted by Gasteiger charge is -2.14. The van der Waals surface area contributed by atoms with Gasteiger partial charge in [0.2, 0.25) is 0 Å². The Morgan fingerprint density at radius 3 is 2.59 bits per heavy atom. The molecule has 0 spiro atoms. The van der Waals surface area contributed by atoms with E-state index in [1.807, 2.05) is 0 Å². The summed E-state index contributed by atoms with van der Waals surface area (Å²) in [4.78, 5) is 28.0. The predicted octanol–water partition coefficient (Wildman–Crippen LogP) is 3.40. The average molecular weight is 437 g/mol. The Morgan fingerprint density at radius 2 is 1.84 bits per heavy atom. The van der Waals surface area contributed by atoms with Crippen LogP contribution in [0.1, 0.15) is 16.1 Å². The maximum atomic E-state index is 12.3. The summed E-state index contributed by atoms with van der Waals surface area (Å²) in [7, 11) is 2.99. The van der Waals surface area contributed by atoms with E-state index >= 15 is 0 Å². The van der Waals surface area contributed by atoms with Crippen molar-refractivity contribution in [3.05, 3.63) is 66.0 Å². The molecule has 32 heavy (non-hydrogen) atoms. The number of hydrazine groups is 1. The Labute approximate surface area is 184 Å². The summed E-state index contributed by atoms with van der Waals surface area (Å²) in [6, 6.07) is 12.5. The lowest BCUT2D eigenvalue weighted by Crippen LogP contribution is -2.33. The highest BCUT2D eigenvalue weighted by molar-refractivity contribution is 5.92. The number of nitrogens with one attached hydrogen (secondary N) is 4. The molecule has 0 bridgehead atoms. The van der Waals surface area contributed by atoms with Gasteiger partial charge in [-0.2, -0.15) is 0 Å². The van der Waals surface area contributed by atoms with Gasteiger partial charge in [0.15, 0.2) is 0 Å². The molecule has 3 rings (SSSR count). The molecule has 166 valence electrons. The van der Waals surface area contributed by atoms with Crippen LogP contribution in [0.3, 0.4) is 0 Å². The van der Waals surface area contributed by atoms with Gasteiger partial charge in [0.05, 0.1) is 18.5 Å². The number of carbonyl (C=O) groups is 2. The predicted molar refractivity (Wildman–Crippen MR) is 119 cm³/mol. The molecule has 0 saturated carbocycles. The second-order valence-corrected chi connectivity index (χ2v) is 6.63. The molecule has 0 saturated heterocycles. The van der Waals surface area contributed by atoms with E-state index < -0.39 is 6.03 Å². The number of hydrogen-bond acceptors (Lipinski definition) is 7. The van der Waals surface area contributed by atoms with Crippen LogP contribution in [0.5, 0.6) is 23.0 Å². The Hall–Kier alpha value is -4.47. The number of methoxy groups -OCH3 is 1. The van der Waals surface area contributed by atoms with E-state index in [1.54, 1.807) is 43.3 Å². The van der Waals surface area contributed by atoms with Crippen molar-refractivity contribution in [2.24, 2.45) is 0 Å². The normalized spacial score (nSPS) is 10.1. The monoisotopic (exact) mass is 437 g/mol. The van der Waals surface area contributed by atoms with Gasteiger partial charge in [-0.3, -0.25) is 20.6 Å². The zero-order chi connectivity index (χ0) is 23.1. The first-order chi connectivity index (χ1) is 15.4. The van der Waals surface area contributed by atoms with Gasteiger partial charge in [-0.05, 0) is 36.8 Å². The van der Waals surface area contributed by atoms with Crippen molar-refractivity contribution in [2.75, 3.05) is 24.9 Å². The zero-order valence-electron chi connectivity index (χ0n) is 17.7. The highest BCUT2D eigenvalue weighted by atomic mass is 16.5. The van der Waals surface area contributed by atoms with Gasteiger partial charge in [0.1, 0.15) is 28.7 Å². The number of aryl methyl sites for hydroxylation is 1. The highest BCUT2D eigenvalue weighted by Gasteiger charge is 2.11. The summed E-state index contributed by atoms with van der Waals surface area (Å²) in [5.41, 5.74) is 7.00. The van der Waals surface area contributed by atoms with Gasteiger partial charge in [0, 0.05) is 31.4 Å². The first-order valence-electron chi connectivity index (χ1n) is 9.56. The summed E-state index contributed by atoms with van der Waals surface area (Å²) in [6.07, 6.45) is 1.48. The molecule has 10 heteroatoms. The number of carbonyl (C=O) groups excluding carboxylic acids is 2. The minimum absolute atomic E-state index is 0.0367. The molecule has 0 fully saturated rings. The van der Waals surface area contributed by atoms with E-state index in [1.165, 1.54) is 32.5 Å². The van der Waals surface area contributed by atoms with Crippen LogP contribution in [0, 0.1) is 6.92 Å². The number of phenolic OH excluding ortho intramolecular Hbond substituents is 1. The number of rotatable bonds is 7. The molecule has 0 aliphatic heterocycles. The van der Waals surface area contributed by atoms with Gasteiger partial charge in [-0.25, -0.2) is 4.79 Å². The van der Waals surface area contributed by atoms with Gasteiger partial charge >= 0.3 is 6.03 Å². The van der Waals surface area contributed by atoms with Crippen molar-refractivity contribution >= 4 is 23.3 Å². The molecule has 1 heterocycles. The number of phenols is 1. The number of anilines is 2. The third kappa shape index (κ3) is 5.57. The van der Waals surface area contributed by atoms with Crippen LogP contribution in [-0.2, 0) is 0 Å². The summed E-state index contributed by atoms with van der Waals surface area (Å²) in [5, 5.41) is 15.0. The summed E-state index contributed by atoms with van der Waals surface area (Å²) in [5.74, 6) is 1.05. The number of nitrogens with zero attached hydrogens (tertiary/aromatic N) is 1. The van der Waals surface area contributed by atoms with Crippen molar-refractivity contribution in [2.45, 2.75) is 6.92 Å². The first kappa shape index (κ1) is 22.2. The fraction of sp³-hybridized carbons (Fsp3) is 0.136. The molecule has 10 nitrogen and oxygen atoms in total. The van der Waals surface area contributed by atoms with E-state index in [-0.39, 0.29) is 17.4 Å². The number of pyridine rings is 1. The van der Waals surface area contributed by atoms with Crippen LogP contribution in [0.4, 0.5) is 16.2 Å². The SMILES string of the molecule is CNC(=O)c1cc(Oc2cccc(NNC(=O)Nc3cc(O)c(C)cc3OC)c2)ccn1. The maximum Gasteiger partial charge on any atom is 0.337 e. The number of aromatic nitrogens is 1. The Kier molecular flexibility index (Phi) is 6.96. The maximum absolute atomic E-state index is 12.3. The second-order valence-electron chi connectivity index (χ2n) is 6.63. The van der Waals surface area contributed by atoms with Crippen LogP contribution in [0.25, 0.3) is 0 Å². The molecule has 0 aliphatic carbocycles. The molecule has 3 aromatic rings. The molecule has 2 aromatic carbocycles. The van der Waals surface area contributed by atoms with Crippen molar-refractivity contribution in [1.82, 2.24) is 15.7 Å². The van der Waals surface area contributed by atoms with E-state index in [9.17, 15) is 14.7 Å². The van der Waals surface area contributed by atoms with Crippen LogP contribution in [0.15, 0.2) is 54.7 Å². The number of amides is 3. The number of urea groups is 1. The standard InChI is InChI=1S/C22H23N5O5/c1-13-9-20(31-3)17(12-19(13)28)25-22(30)27-26-14-5-4-6-15(10-14)32-16-7-8-24-18(11-16)21(29)23-2/h4-12,26,28H,1-3H3,(H,23,29)(H2,25,27,30). The summed E-state index contributed by atoms with van der Waals surface area (Å²) >= 11 is 0. The molecule has 0 unspecified atom stereocenters. The third-order valence-corrected chi connectivity index (χ3v) is 4.35. The smallest absolute Gasteiger partial charge is 0.337 e. The molecule has 3 amide bonds. The van der Waals surface area contributed by atoms with Gasteiger partial charge in [-0.1, -0.05) is 6.07 Å². The zero-order valence-corrected chi connectivity index (χ0v) is 17.7. The number of benzene rings is 2. The van der Waals surface area contributed by atoms with Crippen molar-refractivity contribution < 1.29 is 24.2 Å². The Morgan fingerprint density at radius 1 is 1.06 bits per heavy atom. The van der Waals surface area contributed by atoms with Crippen molar-refractivity contribution in [3.63, 3.8) is 0 Å². The van der Waals surface area contributed by atoms with Crippen molar-refractivity contribution in [1.29, 1.82) is 0 Å². The minimum Gasteiger partial charge on any atom is -0.508 e. The van der Waals surface area contributed by atoms with Gasteiger partial charge < -0.3 is 25.2 Å². The van der Waals surface area contributed by atoms with Crippen molar-refractivity contribution in [3.8, 4) is 23.0 Å². The first-order valence-corrected chi connectivity index (χ1v) is 9.56. The Bertz CT molecular complexity index is 1140. The molecule has 0 aliphatic rings. The van der Waals surface area contributed by atoms with E-state index in [0.717, 1.165) is 0 Å². The molecule has 5 N–H and O–H groups in total. The second kappa shape index (κ2) is 10.0. The largest absolute Gasteiger partial charge is 0.508 e. The fourth-order valence-corrected chi connectivity index (χ4v) is 2.72. The lowest BCUT2D eigenvalue weighted by atomic mass is 10.2. The van der Waals surface area contributed by atoms with Crippen LogP contribution in [0.2, 0.25) is 0 Å². The molecular weight excluding hydrogens is 414 g/mol. The topological polar surface area (TPSA) is 134 Å². The number of hydrogen-bond donors (Lipinski definition) is 5. The third-order valence-electron chi connectivity index (χ3n) is 4.35. The molecule has 0 atom stereocenters. The summed E-state index contributed by atoms with van der Waals surface area (Å²) in [6.45, 7) is 1.73. The number of ether oxygens (including phenoxy) is 2. The molecule has 0 radical (unpaired) electrons. The molecule has 1 aromatic heterocycles. The molecular formula is C22H23N5O5. The van der Waals surface area contributed by atoms with E-state index in [0.29, 0.717) is 34.2 Å². The van der Waals surface area contributed by atoms with Gasteiger partial charge in [-0.15, -0.1) is 0 Å². The van der Waals surface area contributed by atoms with Crippen LogP contribution >= 0.6 is 0 Å². The average Bonchev–Trinajstić information content (AvgIpc) is 2.80. The number of aromatic hydroxyl groups is 1. The van der Waals surface area contributed by atoms with Crippen LogP contribution in [-0.4, -0.2) is 36.2 Å². The van der Waals surface area contributed by atoms with E-state index in [2.05, 4.69) is 26.5 Å². The highest BCUT2D eigenvalue weighted by Crippen LogP contribution is 2.31. The minimum atomic E-state index is -0.567. The van der Waals surface area contributed by atoms with Gasteiger partial charge in [0.25, 0.3) is 5.91 Å². The summed E-state index contributed by atoms with van der Waals surface area (Å²) < 4.78 is 11.0. The Balaban J connectivity index is 1.62. The quantitative estimate of drug-likeness (QED) is 0.358. The fourth-order valence-electron chi connectivity index (χ4n) is 2.72.